The predicted molar refractivity (Wildman–Crippen MR) is 75.6 cm³/mol. The number of halogens is 1. The van der Waals surface area contributed by atoms with Crippen molar-refractivity contribution in [2.24, 2.45) is 0 Å². The van der Waals surface area contributed by atoms with E-state index in [-0.39, 0.29) is 0 Å². The molecule has 1 aromatic rings. The van der Waals surface area contributed by atoms with E-state index in [1.165, 1.54) is 17.7 Å². The molecule has 0 aliphatic carbocycles. The Morgan fingerprint density at radius 3 is 2.88 bits per heavy atom. The molecule has 0 heterocycles. The lowest BCUT2D eigenvalue weighted by Gasteiger charge is -2.17. The van der Waals surface area contributed by atoms with Crippen LogP contribution in [0.2, 0.25) is 5.02 Å². The van der Waals surface area contributed by atoms with Crippen molar-refractivity contribution in [1.82, 2.24) is 5.32 Å². The molecule has 1 aromatic carbocycles. The first-order valence-corrected chi connectivity index (χ1v) is 7.50. The monoisotopic (exact) mass is 257 g/mol. The van der Waals surface area contributed by atoms with Crippen LogP contribution in [0.4, 0.5) is 0 Å². The highest BCUT2D eigenvalue weighted by Crippen LogP contribution is 2.14. The van der Waals surface area contributed by atoms with Crippen molar-refractivity contribution in [2.45, 2.75) is 25.8 Å². The van der Waals surface area contributed by atoms with Gasteiger partial charge in [0.25, 0.3) is 0 Å². The molecular weight excluding hydrogens is 238 g/mol. The van der Waals surface area contributed by atoms with Gasteiger partial charge in [0, 0.05) is 11.1 Å². The largest absolute Gasteiger partial charge is 0.314 e. The fourth-order valence-electron chi connectivity index (χ4n) is 1.77. The maximum Gasteiger partial charge on any atom is 0.0408 e. The summed E-state index contributed by atoms with van der Waals surface area (Å²) >= 11 is 7.89. The third-order valence-electron chi connectivity index (χ3n) is 2.53. The Kier molecular flexibility index (Phi) is 6.93. The zero-order chi connectivity index (χ0) is 11.8. The average Bonchev–Trinajstić information content (AvgIpc) is 2.26. The Morgan fingerprint density at radius 1 is 1.44 bits per heavy atom. The summed E-state index contributed by atoms with van der Waals surface area (Å²) in [5.41, 5.74) is 1.32. The molecule has 90 valence electrons. The molecule has 3 heteroatoms. The number of hydrogen-bond acceptors (Lipinski definition) is 2. The highest BCUT2D eigenvalue weighted by atomic mass is 35.5. The lowest BCUT2D eigenvalue weighted by Crippen LogP contribution is -2.31. The van der Waals surface area contributed by atoms with E-state index in [2.05, 4.69) is 30.6 Å². The van der Waals surface area contributed by atoms with Crippen LogP contribution in [0.25, 0.3) is 0 Å². The molecule has 0 spiro atoms. The van der Waals surface area contributed by atoms with Gasteiger partial charge in [-0.25, -0.2) is 0 Å². The third-order valence-corrected chi connectivity index (χ3v) is 3.41. The van der Waals surface area contributed by atoms with E-state index < -0.39 is 0 Å². The van der Waals surface area contributed by atoms with E-state index in [1.807, 2.05) is 23.9 Å². The molecule has 0 amide bonds. The molecule has 0 aliphatic rings. The molecular formula is C13H20ClNS. The summed E-state index contributed by atoms with van der Waals surface area (Å²) in [5, 5.41) is 4.36. The first kappa shape index (κ1) is 13.9. The first-order chi connectivity index (χ1) is 7.76. The Balaban J connectivity index is 2.52. The minimum absolute atomic E-state index is 0.566. The molecule has 1 unspecified atom stereocenters. The fourth-order valence-corrected chi connectivity index (χ4v) is 2.51. The summed E-state index contributed by atoms with van der Waals surface area (Å²) in [7, 11) is 0. The van der Waals surface area contributed by atoms with Gasteiger partial charge in [-0.1, -0.05) is 30.7 Å². The van der Waals surface area contributed by atoms with Gasteiger partial charge in [0.1, 0.15) is 0 Å². The minimum atomic E-state index is 0.566. The molecule has 1 atom stereocenters. The van der Waals surface area contributed by atoms with Crippen LogP contribution < -0.4 is 5.32 Å². The molecule has 0 aliphatic heterocycles. The van der Waals surface area contributed by atoms with Crippen molar-refractivity contribution in [3.63, 3.8) is 0 Å². The number of likely N-dealkylation sites (N-methyl/N-ethyl adjacent to an activating group) is 1. The second kappa shape index (κ2) is 7.99. The van der Waals surface area contributed by atoms with Gasteiger partial charge >= 0.3 is 0 Å². The Bertz CT molecular complexity index is 304. The van der Waals surface area contributed by atoms with Crippen LogP contribution in [0.1, 0.15) is 18.9 Å². The number of nitrogens with one attached hydrogen (secondary N) is 1. The smallest absolute Gasteiger partial charge is 0.0408 e. The summed E-state index contributed by atoms with van der Waals surface area (Å²) < 4.78 is 0. The summed E-state index contributed by atoms with van der Waals surface area (Å²) in [6.45, 7) is 3.18. The topological polar surface area (TPSA) is 12.0 Å². The number of benzene rings is 1. The van der Waals surface area contributed by atoms with Crippen LogP contribution in [0.5, 0.6) is 0 Å². The van der Waals surface area contributed by atoms with E-state index in [9.17, 15) is 0 Å². The highest BCUT2D eigenvalue weighted by Gasteiger charge is 2.07. The Hall–Kier alpha value is -0.180. The van der Waals surface area contributed by atoms with E-state index in [0.29, 0.717) is 6.04 Å². The molecule has 0 saturated carbocycles. The van der Waals surface area contributed by atoms with E-state index in [4.69, 9.17) is 11.6 Å². The van der Waals surface area contributed by atoms with E-state index in [0.717, 1.165) is 18.0 Å². The first-order valence-electron chi connectivity index (χ1n) is 5.73. The Morgan fingerprint density at radius 2 is 2.25 bits per heavy atom. The summed E-state index contributed by atoms with van der Waals surface area (Å²) in [4.78, 5) is 0. The normalized spacial score (nSPS) is 12.7. The summed E-state index contributed by atoms with van der Waals surface area (Å²) in [6.07, 6.45) is 4.43. The van der Waals surface area contributed by atoms with Crippen LogP contribution in [-0.4, -0.2) is 24.6 Å². The summed E-state index contributed by atoms with van der Waals surface area (Å²) in [5.74, 6) is 1.21. The molecule has 1 nitrogen and oxygen atoms in total. The second-order valence-corrected chi connectivity index (χ2v) is 5.29. The lowest BCUT2D eigenvalue weighted by molar-refractivity contribution is 0.513. The molecule has 1 N–H and O–H groups in total. The van der Waals surface area contributed by atoms with Gasteiger partial charge in [0.15, 0.2) is 0 Å². The zero-order valence-corrected chi connectivity index (χ0v) is 11.6. The molecule has 1 rings (SSSR count). The number of rotatable bonds is 7. The van der Waals surface area contributed by atoms with Gasteiger partial charge in [-0.05, 0) is 49.1 Å². The van der Waals surface area contributed by atoms with Crippen molar-refractivity contribution in [2.75, 3.05) is 18.6 Å². The van der Waals surface area contributed by atoms with Crippen molar-refractivity contribution >= 4 is 23.4 Å². The van der Waals surface area contributed by atoms with Gasteiger partial charge in [-0.15, -0.1) is 0 Å². The molecule has 0 fully saturated rings. The molecule has 0 radical (unpaired) electrons. The van der Waals surface area contributed by atoms with Crippen LogP contribution in [-0.2, 0) is 6.42 Å². The molecule has 0 bridgehead atoms. The average molecular weight is 258 g/mol. The van der Waals surface area contributed by atoms with E-state index in [1.54, 1.807) is 0 Å². The van der Waals surface area contributed by atoms with Gasteiger partial charge in [0.2, 0.25) is 0 Å². The Labute approximate surface area is 108 Å². The molecule has 0 saturated heterocycles. The molecule has 16 heavy (non-hydrogen) atoms. The second-order valence-electron chi connectivity index (χ2n) is 3.87. The van der Waals surface area contributed by atoms with Gasteiger partial charge in [0.05, 0.1) is 0 Å². The maximum absolute atomic E-state index is 5.99. The van der Waals surface area contributed by atoms with Crippen LogP contribution in [0.15, 0.2) is 24.3 Å². The van der Waals surface area contributed by atoms with Crippen LogP contribution in [0.3, 0.4) is 0 Å². The van der Waals surface area contributed by atoms with Crippen molar-refractivity contribution in [1.29, 1.82) is 0 Å². The lowest BCUT2D eigenvalue weighted by atomic mass is 10.0. The zero-order valence-electron chi connectivity index (χ0n) is 10.0. The van der Waals surface area contributed by atoms with Crippen LogP contribution >= 0.6 is 23.4 Å². The maximum atomic E-state index is 5.99. The summed E-state index contributed by atoms with van der Waals surface area (Å²) in [6, 6.07) is 8.72. The van der Waals surface area contributed by atoms with Gasteiger partial charge in [-0.2, -0.15) is 11.8 Å². The minimum Gasteiger partial charge on any atom is -0.314 e. The van der Waals surface area contributed by atoms with Crippen LogP contribution in [0, 0.1) is 0 Å². The quantitative estimate of drug-likeness (QED) is 0.801. The fraction of sp³-hybridized carbons (Fsp3) is 0.538. The third kappa shape index (κ3) is 5.24. The SMILES string of the molecule is CCNC(CCSC)Cc1cccc(Cl)c1. The van der Waals surface area contributed by atoms with Gasteiger partial charge < -0.3 is 5.32 Å². The molecule has 0 aromatic heterocycles. The predicted octanol–water partition coefficient (Wildman–Crippen LogP) is 3.61. The van der Waals surface area contributed by atoms with Crippen molar-refractivity contribution < 1.29 is 0 Å². The number of hydrogen-bond donors (Lipinski definition) is 1. The highest BCUT2D eigenvalue weighted by molar-refractivity contribution is 7.98. The standard InChI is InChI=1S/C13H20ClNS/c1-3-15-13(7-8-16-2)10-11-5-4-6-12(14)9-11/h4-6,9,13,15H,3,7-8,10H2,1-2H3. The van der Waals surface area contributed by atoms with Gasteiger partial charge in [-0.3, -0.25) is 0 Å². The van der Waals surface area contributed by atoms with Crippen molar-refractivity contribution in [3.8, 4) is 0 Å². The number of thioether (sulfide) groups is 1. The van der Waals surface area contributed by atoms with E-state index >= 15 is 0 Å². The van der Waals surface area contributed by atoms with Crippen molar-refractivity contribution in [3.05, 3.63) is 34.9 Å².